The van der Waals surface area contributed by atoms with E-state index in [1.165, 1.54) is 24.3 Å². The second kappa shape index (κ2) is 19.6. The second-order valence-corrected chi connectivity index (χ2v) is 14.1. The third-order valence-corrected chi connectivity index (χ3v) is 9.78. The Hall–Kier alpha value is -6.37. The number of nitro groups is 2. The van der Waals surface area contributed by atoms with Gasteiger partial charge >= 0.3 is 17.8 Å². The molecule has 2 aromatic heterocycles. The number of phosphoric acid groups is 1. The summed E-state index contributed by atoms with van der Waals surface area (Å²) >= 11 is 1.45. The third-order valence-electron chi connectivity index (χ3n) is 6.74. The summed E-state index contributed by atoms with van der Waals surface area (Å²) in [5.41, 5.74) is 1.60. The first-order chi connectivity index (χ1) is 26.0. The van der Waals surface area contributed by atoms with Crippen LogP contribution in [0.2, 0.25) is 0 Å². The molecule has 0 aliphatic heterocycles. The Morgan fingerprint density at radius 3 is 1.55 bits per heavy atom. The van der Waals surface area contributed by atoms with Crippen LogP contribution in [0.3, 0.4) is 0 Å². The van der Waals surface area contributed by atoms with E-state index in [0.29, 0.717) is 11.3 Å². The Bertz CT molecular complexity index is 2240. The molecule has 55 heavy (non-hydrogen) atoms. The molecule has 284 valence electrons. The Kier molecular flexibility index (Phi) is 14.8. The normalized spacial score (nSPS) is 10.5. The van der Waals surface area contributed by atoms with Crippen LogP contribution in [0.5, 0.6) is 11.5 Å². The largest absolute Gasteiger partial charge is 0.530 e. The lowest BCUT2D eigenvalue weighted by Crippen LogP contribution is -2.14. The van der Waals surface area contributed by atoms with Gasteiger partial charge in [-0.1, -0.05) is 92.4 Å². The van der Waals surface area contributed by atoms with E-state index in [9.17, 15) is 39.5 Å². The van der Waals surface area contributed by atoms with Crippen LogP contribution in [0, 0.1) is 20.2 Å². The van der Waals surface area contributed by atoms with Gasteiger partial charge in [0.1, 0.15) is 23.9 Å². The fourth-order valence-electron chi connectivity index (χ4n) is 4.21. The van der Waals surface area contributed by atoms with Crippen molar-refractivity contribution in [3.63, 3.8) is 0 Å². The molecule has 2 amide bonds. The predicted molar refractivity (Wildman–Crippen MR) is 205 cm³/mol. The van der Waals surface area contributed by atoms with Crippen LogP contribution < -0.4 is 15.2 Å². The lowest BCUT2D eigenvalue weighted by atomic mass is 10.2. The summed E-state index contributed by atoms with van der Waals surface area (Å²) in [6, 6.07) is 30.2. The SMILES string of the molecule is C.O=C(Nc1ncc([N+](=O)[O-])s1)c1ccccc1O.O=C(Nc1ncc([N+](=O)[O-])s1)c1ccccc1OP(=O)(OCc1ccccc1)OCc1ccccc1. The molecule has 0 spiro atoms. The van der Waals surface area contributed by atoms with Gasteiger partial charge in [-0.3, -0.25) is 49.5 Å². The fourth-order valence-corrected chi connectivity index (χ4v) is 6.66. The zero-order valence-corrected chi connectivity index (χ0v) is 30.1. The van der Waals surface area contributed by atoms with E-state index in [0.717, 1.165) is 34.9 Å². The molecule has 0 aliphatic rings. The average molecular weight is 807 g/mol. The van der Waals surface area contributed by atoms with Gasteiger partial charge in [-0.15, -0.1) is 0 Å². The molecule has 3 N–H and O–H groups in total. The average Bonchev–Trinajstić information content (AvgIpc) is 3.85. The van der Waals surface area contributed by atoms with E-state index >= 15 is 0 Å². The smallest absolute Gasteiger partial charge is 0.507 e. The number of nitrogens with one attached hydrogen (secondary N) is 2. The summed E-state index contributed by atoms with van der Waals surface area (Å²) in [4.78, 5) is 52.3. The maximum absolute atomic E-state index is 13.7. The van der Waals surface area contributed by atoms with E-state index < -0.39 is 29.5 Å². The van der Waals surface area contributed by atoms with E-state index in [1.807, 2.05) is 36.4 Å². The van der Waals surface area contributed by atoms with Crippen molar-refractivity contribution in [2.24, 2.45) is 0 Å². The lowest BCUT2D eigenvalue weighted by molar-refractivity contribution is -0.380. The van der Waals surface area contributed by atoms with Crippen molar-refractivity contribution in [2.75, 3.05) is 10.6 Å². The minimum Gasteiger partial charge on any atom is -0.507 e. The minimum atomic E-state index is -4.21. The van der Waals surface area contributed by atoms with Gasteiger partial charge in [0.25, 0.3) is 11.8 Å². The van der Waals surface area contributed by atoms with Crippen LogP contribution in [-0.4, -0.2) is 36.7 Å². The van der Waals surface area contributed by atoms with Crippen LogP contribution in [0.4, 0.5) is 20.3 Å². The number of hydrogen-bond acceptors (Lipinski definition) is 15. The molecule has 2 heterocycles. The molecule has 0 radical (unpaired) electrons. The number of carbonyl (C=O) groups is 2. The van der Waals surface area contributed by atoms with E-state index in [1.54, 1.807) is 48.5 Å². The molecule has 0 saturated heterocycles. The summed E-state index contributed by atoms with van der Waals surface area (Å²) in [5, 5.41) is 35.4. The summed E-state index contributed by atoms with van der Waals surface area (Å²) in [6.45, 7) is -0.103. The fraction of sp³-hybridized carbons (Fsp3) is 0.0857. The van der Waals surface area contributed by atoms with Crippen molar-refractivity contribution >= 4 is 62.6 Å². The molecule has 4 aromatic carbocycles. The van der Waals surface area contributed by atoms with Crippen LogP contribution in [0.25, 0.3) is 0 Å². The third kappa shape index (κ3) is 12.1. The number of benzene rings is 4. The number of amides is 2. The van der Waals surface area contributed by atoms with E-state index in [4.69, 9.17) is 13.6 Å². The van der Waals surface area contributed by atoms with Gasteiger partial charge in [-0.25, -0.2) is 14.5 Å². The molecule has 6 aromatic rings. The number of rotatable bonds is 14. The Balaban J connectivity index is 0.000000298. The first-order valence-corrected chi connectivity index (χ1v) is 18.5. The summed E-state index contributed by atoms with van der Waals surface area (Å²) in [5.74, 6) is -1.45. The van der Waals surface area contributed by atoms with Crippen molar-refractivity contribution in [3.05, 3.63) is 164 Å². The number of hydrogen-bond donors (Lipinski definition) is 3. The highest BCUT2D eigenvalue weighted by Crippen LogP contribution is 2.51. The van der Waals surface area contributed by atoms with Gasteiger partial charge in [0.2, 0.25) is 0 Å². The number of thiazole rings is 2. The summed E-state index contributed by atoms with van der Waals surface area (Å²) < 4.78 is 30.6. The zero-order valence-electron chi connectivity index (χ0n) is 27.5. The van der Waals surface area contributed by atoms with Crippen molar-refractivity contribution in [3.8, 4) is 11.5 Å². The molecular weight excluding hydrogens is 776 g/mol. The first-order valence-electron chi connectivity index (χ1n) is 15.4. The van der Waals surface area contributed by atoms with Crippen molar-refractivity contribution in [2.45, 2.75) is 20.6 Å². The molecule has 0 unspecified atom stereocenters. The van der Waals surface area contributed by atoms with Crippen molar-refractivity contribution in [1.29, 1.82) is 0 Å². The number of aromatic hydroxyl groups is 1. The molecule has 0 fully saturated rings. The van der Waals surface area contributed by atoms with Gasteiger partial charge in [-0.05, 0) is 58.1 Å². The van der Waals surface area contributed by atoms with Crippen molar-refractivity contribution in [1.82, 2.24) is 9.97 Å². The quantitative estimate of drug-likeness (QED) is 0.0530. The first kappa shape index (κ1) is 41.4. The highest BCUT2D eigenvalue weighted by molar-refractivity contribution is 7.48. The number of para-hydroxylation sites is 2. The number of phosphoric ester groups is 1. The summed E-state index contributed by atoms with van der Waals surface area (Å²) in [7, 11) is -4.21. The number of anilines is 2. The van der Waals surface area contributed by atoms with E-state index in [-0.39, 0.29) is 63.5 Å². The van der Waals surface area contributed by atoms with E-state index in [2.05, 4.69) is 20.6 Å². The van der Waals surface area contributed by atoms with Gasteiger partial charge in [0.05, 0.1) is 34.2 Å². The second-order valence-electron chi connectivity index (χ2n) is 10.5. The maximum atomic E-state index is 13.7. The number of phenolic OH excluding ortho intramolecular Hbond substituents is 1. The minimum absolute atomic E-state index is 0. The highest BCUT2D eigenvalue weighted by Gasteiger charge is 2.31. The predicted octanol–water partition coefficient (Wildman–Crippen LogP) is 8.87. The number of carbonyl (C=O) groups excluding carboxylic acids is 2. The molecule has 0 bridgehead atoms. The number of phenols is 1. The van der Waals surface area contributed by atoms with Crippen LogP contribution in [0.15, 0.2) is 122 Å². The molecule has 0 atom stereocenters. The van der Waals surface area contributed by atoms with Crippen LogP contribution in [0.1, 0.15) is 39.3 Å². The van der Waals surface area contributed by atoms with Gasteiger partial charge < -0.3 is 9.63 Å². The molecule has 0 saturated carbocycles. The zero-order chi connectivity index (χ0) is 38.5. The molecular formula is C35H31N6O11PS2. The molecule has 6 rings (SSSR count). The summed E-state index contributed by atoms with van der Waals surface area (Å²) in [6.07, 6.45) is 2.11. The maximum Gasteiger partial charge on any atom is 0.530 e. The molecule has 17 nitrogen and oxygen atoms in total. The standard InChI is InChI=1S/C24H20N3O7PS.C10H7N3O4S.CH4/c28-23(26-24-25-15-22(36-24)27(29)30)20-13-7-8-14-21(20)34-35(31,32-16-18-9-3-1-4-10-18)33-17-19-11-5-2-6-12-19;14-7-4-2-1-3-6(7)9(15)12-10-11-5-8(18-10)13(16)17;/h1-15H,16-17H2,(H,25,26,28);1-5,14H,(H,11,12,15);1H4. The van der Waals surface area contributed by atoms with Gasteiger partial charge in [-0.2, -0.15) is 0 Å². The topological polar surface area (TPSA) is 235 Å². The van der Waals surface area contributed by atoms with Crippen LogP contribution in [-0.2, 0) is 26.8 Å². The Morgan fingerprint density at radius 2 is 1.09 bits per heavy atom. The number of nitrogens with zero attached hydrogens (tertiary/aromatic N) is 4. The molecule has 20 heteroatoms. The van der Waals surface area contributed by atoms with Gasteiger partial charge in [0.15, 0.2) is 10.3 Å². The Labute approximate surface area is 321 Å². The van der Waals surface area contributed by atoms with Crippen molar-refractivity contribution < 1.29 is 42.7 Å². The van der Waals surface area contributed by atoms with Gasteiger partial charge in [0, 0.05) is 0 Å². The monoisotopic (exact) mass is 806 g/mol. The molecule has 0 aliphatic carbocycles. The Morgan fingerprint density at radius 1 is 0.673 bits per heavy atom. The number of aromatic nitrogens is 2. The highest BCUT2D eigenvalue weighted by atomic mass is 32.1. The lowest BCUT2D eigenvalue weighted by Gasteiger charge is -2.20. The van der Waals surface area contributed by atoms with Crippen LogP contribution >= 0.6 is 30.5 Å².